The first-order valence-electron chi connectivity index (χ1n) is 19.5. The number of anilines is 5. The van der Waals surface area contributed by atoms with E-state index >= 15 is 0 Å². The van der Waals surface area contributed by atoms with Gasteiger partial charge in [-0.05, 0) is 36.4 Å². The molecular weight excluding hydrogens is 917 g/mol. The van der Waals surface area contributed by atoms with Crippen LogP contribution in [0.1, 0.15) is 24.0 Å². The lowest BCUT2D eigenvalue weighted by Crippen LogP contribution is -2.40. The van der Waals surface area contributed by atoms with Crippen LogP contribution >= 0.6 is 0 Å². The van der Waals surface area contributed by atoms with Crippen molar-refractivity contribution in [3.63, 3.8) is 0 Å². The first-order chi connectivity index (χ1) is 32.1. The van der Waals surface area contributed by atoms with Gasteiger partial charge in [0.2, 0.25) is 17.9 Å². The molecule has 21 nitrogen and oxygen atoms in total. The van der Waals surface area contributed by atoms with E-state index in [0.717, 1.165) is 29.5 Å². The van der Waals surface area contributed by atoms with Crippen molar-refractivity contribution >= 4 is 62.9 Å². The normalized spacial score (nSPS) is 13.3. The van der Waals surface area contributed by atoms with Crippen molar-refractivity contribution in [3.8, 4) is 0 Å². The monoisotopic (exact) mass is 951 g/mol. The molecule has 0 amide bonds. The molecule has 0 aromatic heterocycles. The number of hydrazine groups is 2. The smallest absolute Gasteiger partial charge is 0.386 e. The summed E-state index contributed by atoms with van der Waals surface area (Å²) < 4.78 is 78.2. The Morgan fingerprint density at radius 3 is 1.54 bits per heavy atom. The molecule has 68 heavy (non-hydrogen) atoms. The van der Waals surface area contributed by atoms with Crippen molar-refractivity contribution in [2.45, 2.75) is 25.2 Å². The van der Waals surface area contributed by atoms with Crippen LogP contribution in [-0.2, 0) is 12.4 Å². The number of hydrogen-bond acceptors (Lipinski definition) is 15. The minimum absolute atomic E-state index is 0.0250. The van der Waals surface area contributed by atoms with Gasteiger partial charge in [-0.1, -0.05) is 54.6 Å². The number of alkyl halides is 6. The molecule has 1 fully saturated rings. The van der Waals surface area contributed by atoms with Gasteiger partial charge in [0.15, 0.2) is 0 Å². The molecule has 2 aliphatic heterocycles. The lowest BCUT2D eigenvalue weighted by molar-refractivity contribution is -0.393. The summed E-state index contributed by atoms with van der Waals surface area (Å²) in [6.45, 7) is 7.87. The third-order valence-electron chi connectivity index (χ3n) is 9.56. The summed E-state index contributed by atoms with van der Waals surface area (Å²) in [4.78, 5) is 44.2. The fourth-order valence-corrected chi connectivity index (χ4v) is 6.51. The molecule has 2 aliphatic rings. The molecule has 0 spiro atoms. The molecule has 7 rings (SSSR count). The summed E-state index contributed by atoms with van der Waals surface area (Å²) in [5.74, 6) is 0.508. The van der Waals surface area contributed by atoms with Crippen LogP contribution in [0.2, 0.25) is 0 Å². The number of hydrazone groups is 1. The van der Waals surface area contributed by atoms with Gasteiger partial charge in [0.1, 0.15) is 18.2 Å². The Morgan fingerprint density at radius 1 is 0.691 bits per heavy atom. The highest BCUT2D eigenvalue weighted by atomic mass is 19.4. The van der Waals surface area contributed by atoms with Gasteiger partial charge >= 0.3 is 35.1 Å². The van der Waals surface area contributed by atoms with Gasteiger partial charge in [0, 0.05) is 50.2 Å². The zero-order chi connectivity index (χ0) is 49.9. The Hall–Kier alpha value is -9.09. The van der Waals surface area contributed by atoms with Crippen LogP contribution in [0.4, 0.5) is 77.5 Å². The number of para-hydroxylation sites is 3. The zero-order valence-corrected chi connectivity index (χ0v) is 34.8. The van der Waals surface area contributed by atoms with E-state index < -0.39 is 77.3 Å². The lowest BCUT2D eigenvalue weighted by Gasteiger charge is -2.30. The minimum atomic E-state index is -5.01. The third kappa shape index (κ3) is 12.2. The molecular formula is C41H35F6N13O8. The summed E-state index contributed by atoms with van der Waals surface area (Å²) in [6, 6.07) is 27.3. The van der Waals surface area contributed by atoms with Gasteiger partial charge in [-0.25, -0.2) is 11.6 Å². The zero-order valence-electron chi connectivity index (χ0n) is 34.8. The maximum atomic E-state index is 13.1. The highest BCUT2D eigenvalue weighted by Crippen LogP contribution is 2.46. The van der Waals surface area contributed by atoms with E-state index in [-0.39, 0.29) is 56.2 Å². The van der Waals surface area contributed by atoms with E-state index in [2.05, 4.69) is 15.4 Å². The highest BCUT2D eigenvalue weighted by molar-refractivity contribution is 6.05. The summed E-state index contributed by atoms with van der Waals surface area (Å²) in [6.07, 6.45) is -9.04. The van der Waals surface area contributed by atoms with Crippen LogP contribution in [0.5, 0.6) is 0 Å². The number of benzene rings is 5. The lowest BCUT2D eigenvalue weighted by atomic mass is 10.1. The highest BCUT2D eigenvalue weighted by Gasteiger charge is 2.43. The Bertz CT molecular complexity index is 2670. The maximum Gasteiger partial charge on any atom is 0.416 e. The van der Waals surface area contributed by atoms with Crippen molar-refractivity contribution < 1.29 is 46.0 Å². The van der Waals surface area contributed by atoms with Gasteiger partial charge in [-0.3, -0.25) is 66.3 Å². The molecule has 5 aromatic rings. The molecule has 0 saturated carbocycles. The molecule has 0 atom stereocenters. The molecule has 0 radical (unpaired) electrons. The Balaban J connectivity index is 0.000000205. The quantitative estimate of drug-likeness (QED) is 0.0455. The van der Waals surface area contributed by atoms with E-state index in [9.17, 15) is 66.8 Å². The summed E-state index contributed by atoms with van der Waals surface area (Å²) in [7, 11) is 0. The minimum Gasteiger partial charge on any atom is -0.386 e. The van der Waals surface area contributed by atoms with Gasteiger partial charge in [-0.15, -0.1) is 0 Å². The number of nitro benzene ring substituents is 4. The number of amidine groups is 2. The Morgan fingerprint density at radius 2 is 1.13 bits per heavy atom. The van der Waals surface area contributed by atoms with E-state index in [1.54, 1.807) is 60.7 Å². The summed E-state index contributed by atoms with van der Waals surface area (Å²) in [5, 5.41) is 63.3. The average molecular weight is 952 g/mol. The molecule has 0 unspecified atom stereocenters. The van der Waals surface area contributed by atoms with Crippen molar-refractivity contribution in [2.24, 2.45) is 10.8 Å². The van der Waals surface area contributed by atoms with E-state index in [0.29, 0.717) is 11.4 Å². The number of nitrogens with one attached hydrogen (secondary N) is 2. The van der Waals surface area contributed by atoms with E-state index in [1.807, 2.05) is 35.3 Å². The molecule has 2 heterocycles. The molecule has 0 aliphatic carbocycles. The van der Waals surface area contributed by atoms with Gasteiger partial charge in [0.25, 0.3) is 0 Å². The standard InChI is InChI=1S/2C16H12F3N5O4.C9H11N3/c17-16(18,19)10-8-12(23(25)26)15(13(9-10)24(27)28)22-14(20)6-7-21(22)11-4-2-1-3-5-11;1-20-7-8-22(12-5-3-2-4-6-12)21-15-13(23(25)26)9-11(16(17,18)19)10-14(15)24(27)28;10-9-6-7-12(11-9)8-4-2-1-3-5-8/h1-5,8-9,20H,6-7H2;2-6,9-10,21H,7-8H2;1-5H,6-7H2,(H2,10,11). The van der Waals surface area contributed by atoms with E-state index in [4.69, 9.17) is 17.7 Å². The van der Waals surface area contributed by atoms with Crippen molar-refractivity contribution in [2.75, 3.05) is 51.6 Å². The Labute approximate surface area is 379 Å². The van der Waals surface area contributed by atoms with Crippen LogP contribution in [0.25, 0.3) is 4.85 Å². The summed E-state index contributed by atoms with van der Waals surface area (Å²) >= 11 is 0. The Kier molecular flexibility index (Phi) is 15.6. The van der Waals surface area contributed by atoms with Crippen molar-refractivity contribution in [1.29, 1.82) is 5.41 Å². The first-order valence-corrected chi connectivity index (χ1v) is 19.5. The first kappa shape index (κ1) is 49.9. The number of rotatable bonds is 12. The van der Waals surface area contributed by atoms with Crippen LogP contribution in [0.3, 0.4) is 0 Å². The van der Waals surface area contributed by atoms with Gasteiger partial charge in [-0.2, -0.15) is 31.4 Å². The van der Waals surface area contributed by atoms with Crippen molar-refractivity contribution in [1.82, 2.24) is 0 Å². The molecule has 27 heteroatoms. The largest absolute Gasteiger partial charge is 0.416 e. The predicted octanol–water partition coefficient (Wildman–Crippen LogP) is 9.57. The fourth-order valence-electron chi connectivity index (χ4n) is 6.51. The number of nitrogens with two attached hydrogens (primary N) is 1. The SMILES string of the molecule is N=C1CCN(c2ccccc2)N1c1c([N+](=O)[O-])cc(C(F)(F)F)cc1[N+](=O)[O-].NC1=NN(c2ccccc2)CC1.[C-]#[N+]CCN(Nc1c([N+](=O)[O-])cc(C(F)(F)F)cc1[N+](=O)[O-])c1ccccc1. The van der Waals surface area contributed by atoms with Gasteiger partial charge in [0.05, 0.1) is 47.9 Å². The van der Waals surface area contributed by atoms with Crippen LogP contribution < -0.4 is 31.2 Å². The van der Waals surface area contributed by atoms with Crippen LogP contribution in [0, 0.1) is 52.4 Å². The third-order valence-corrected chi connectivity index (χ3v) is 9.56. The van der Waals surface area contributed by atoms with E-state index in [1.165, 1.54) is 10.0 Å². The van der Waals surface area contributed by atoms with Gasteiger partial charge < -0.3 is 10.6 Å². The maximum absolute atomic E-state index is 13.1. The summed E-state index contributed by atoms with van der Waals surface area (Å²) in [5.41, 5.74) is 1.19. The topological polar surface area (TPSA) is 264 Å². The van der Waals surface area contributed by atoms with Crippen LogP contribution in [-0.4, -0.2) is 57.5 Å². The number of nitrogens with zero attached hydrogens (tertiary/aromatic N) is 10. The fraction of sp³-hybridized carbons (Fsp3) is 0.195. The molecule has 4 N–H and O–H groups in total. The molecule has 1 saturated heterocycles. The molecule has 0 bridgehead atoms. The number of halogens is 6. The predicted molar refractivity (Wildman–Crippen MR) is 237 cm³/mol. The molecule has 354 valence electrons. The second-order valence-electron chi connectivity index (χ2n) is 14.0. The van der Waals surface area contributed by atoms with Crippen molar-refractivity contribution in [3.05, 3.63) is 178 Å². The second-order valence-corrected chi connectivity index (χ2v) is 14.0. The molecule has 5 aromatic carbocycles. The number of nitro groups is 4. The van der Waals surface area contributed by atoms with Crippen LogP contribution in [0.15, 0.2) is 120 Å². The number of hydrogen-bond donors (Lipinski definition) is 3. The second kappa shape index (κ2) is 21.3. The average Bonchev–Trinajstić information content (AvgIpc) is 3.92.